The van der Waals surface area contributed by atoms with E-state index in [1.54, 1.807) is 6.07 Å². The Morgan fingerprint density at radius 1 is 0.892 bits per heavy atom. The summed E-state index contributed by atoms with van der Waals surface area (Å²) in [4.78, 5) is 40.7. The Balaban J connectivity index is -0.000000340. The van der Waals surface area contributed by atoms with Crippen LogP contribution < -0.4 is 45.0 Å². The standard InChI is InChI=1S/C21H28N8O3.ClH.4H3N.4H2/c1-15(30)22-17-9-8-16(14-18(17)29(31)32)23-19-24-20(27-10-4-2-5-11-27)26-21(25-19)28-12-6-3-7-13-28;;;;;;;;;/h8-9,14H,2-7,10-13H2,1H3,(H,22,30)(H,23,24,25,26);1H;4*1H3;4*1H. The number of halogens is 1. The second kappa shape index (κ2) is 16.4. The summed E-state index contributed by atoms with van der Waals surface area (Å²) in [6, 6.07) is 4.53. The maximum Gasteiger partial charge on any atom is 0.294 e. The molecule has 1 amide bonds. The van der Waals surface area contributed by atoms with Crippen molar-refractivity contribution in [1.82, 2.24) is 39.6 Å². The van der Waals surface area contributed by atoms with Gasteiger partial charge >= 0.3 is 0 Å². The van der Waals surface area contributed by atoms with Crippen LogP contribution in [0.25, 0.3) is 0 Å². The van der Waals surface area contributed by atoms with Crippen LogP contribution in [-0.2, 0) is 4.79 Å². The molecular weight excluding hydrogens is 504 g/mol. The smallest absolute Gasteiger partial charge is 0.294 e. The Kier molecular flexibility index (Phi) is 15.9. The van der Waals surface area contributed by atoms with Crippen LogP contribution >= 0.6 is 12.4 Å². The van der Waals surface area contributed by atoms with E-state index in [2.05, 4.69) is 30.4 Å². The van der Waals surface area contributed by atoms with Gasteiger partial charge in [0.25, 0.3) is 5.69 Å². The molecule has 16 heteroatoms. The number of aromatic nitrogens is 3. The van der Waals surface area contributed by atoms with Crippen molar-refractivity contribution in [3.8, 4) is 0 Å². The van der Waals surface area contributed by atoms with Crippen LogP contribution in [0.2, 0.25) is 0 Å². The minimum absolute atomic E-state index is 0. The van der Waals surface area contributed by atoms with Gasteiger partial charge in [0.2, 0.25) is 23.8 Å². The van der Waals surface area contributed by atoms with Gasteiger partial charge in [-0.05, 0) is 50.7 Å². The Hall–Kier alpha value is -3.37. The number of hydrogen-bond acceptors (Lipinski definition) is 13. The third-order valence-electron chi connectivity index (χ3n) is 5.65. The number of carbonyl (C=O) groups is 1. The molecule has 0 bridgehead atoms. The molecule has 0 spiro atoms. The second-order valence-electron chi connectivity index (χ2n) is 8.15. The summed E-state index contributed by atoms with van der Waals surface area (Å²) in [6.07, 6.45) is 6.81. The predicted molar refractivity (Wildman–Crippen MR) is 158 cm³/mol. The summed E-state index contributed by atoms with van der Waals surface area (Å²) >= 11 is 0. The molecule has 218 valence electrons. The third-order valence-corrected chi connectivity index (χ3v) is 5.65. The monoisotopic (exact) mass is 552 g/mol. The number of rotatable bonds is 6. The van der Waals surface area contributed by atoms with Gasteiger partial charge in [-0.3, -0.25) is 14.9 Å². The maximum absolute atomic E-state index is 11.5. The maximum atomic E-state index is 11.5. The summed E-state index contributed by atoms with van der Waals surface area (Å²) < 4.78 is 0. The van der Waals surface area contributed by atoms with Crippen LogP contribution in [0.1, 0.15) is 51.2 Å². The van der Waals surface area contributed by atoms with E-state index in [0.717, 1.165) is 51.9 Å². The van der Waals surface area contributed by atoms with Crippen molar-refractivity contribution in [3.63, 3.8) is 0 Å². The normalized spacial score (nSPS) is 14.3. The van der Waals surface area contributed by atoms with Gasteiger partial charge in [0, 0.05) is 50.6 Å². The Morgan fingerprint density at radius 2 is 1.38 bits per heavy atom. The van der Waals surface area contributed by atoms with Crippen molar-refractivity contribution >= 4 is 53.2 Å². The van der Waals surface area contributed by atoms with Gasteiger partial charge in [-0.2, -0.15) is 15.0 Å². The number of benzene rings is 1. The quantitative estimate of drug-likeness (QED) is 0.190. The zero-order chi connectivity index (χ0) is 22.5. The zero-order valence-electron chi connectivity index (χ0n) is 21.4. The van der Waals surface area contributed by atoms with Crippen LogP contribution in [0.15, 0.2) is 18.2 Å². The van der Waals surface area contributed by atoms with Gasteiger partial charge in [0.05, 0.1) is 4.92 Å². The van der Waals surface area contributed by atoms with E-state index in [1.807, 2.05) is 0 Å². The zero-order valence-corrected chi connectivity index (χ0v) is 22.3. The minimum Gasteiger partial charge on any atom is -0.344 e. The van der Waals surface area contributed by atoms with Crippen molar-refractivity contribution in [3.05, 3.63) is 28.3 Å². The van der Waals surface area contributed by atoms with Crippen molar-refractivity contribution in [2.24, 2.45) is 0 Å². The Labute approximate surface area is 229 Å². The van der Waals surface area contributed by atoms with Crippen LogP contribution in [0.3, 0.4) is 0 Å². The van der Waals surface area contributed by atoms with E-state index >= 15 is 0 Å². The first-order valence-corrected chi connectivity index (χ1v) is 11.1. The first-order chi connectivity index (χ1) is 15.5. The summed E-state index contributed by atoms with van der Waals surface area (Å²) in [5.41, 5.74) is 0.407. The molecule has 1 aromatic heterocycles. The molecule has 4 rings (SSSR count). The fourth-order valence-electron chi connectivity index (χ4n) is 4.07. The van der Waals surface area contributed by atoms with Crippen LogP contribution in [0.4, 0.5) is 34.9 Å². The lowest BCUT2D eigenvalue weighted by Gasteiger charge is -2.30. The molecule has 0 atom stereocenters. The molecule has 2 aliphatic heterocycles. The summed E-state index contributed by atoms with van der Waals surface area (Å²) in [7, 11) is 0. The van der Waals surface area contributed by atoms with Gasteiger partial charge in [-0.15, -0.1) is 12.4 Å². The summed E-state index contributed by atoms with van der Waals surface area (Å²) in [6.45, 7) is 4.92. The molecule has 37 heavy (non-hydrogen) atoms. The van der Waals surface area contributed by atoms with Crippen molar-refractivity contribution in [1.29, 1.82) is 0 Å². The van der Waals surface area contributed by atoms with Gasteiger partial charge in [-0.1, -0.05) is 0 Å². The topological polar surface area (TPSA) is 269 Å². The highest BCUT2D eigenvalue weighted by molar-refractivity contribution is 5.92. The van der Waals surface area contributed by atoms with E-state index in [-0.39, 0.29) is 60.0 Å². The first-order valence-electron chi connectivity index (χ1n) is 11.1. The average Bonchev–Trinajstić information content (AvgIpc) is 2.80. The number of hydrogen-bond donors (Lipinski definition) is 6. The SMILES string of the molecule is CC(=O)Nc1ccc(Nc2nc(N3CCCCC3)nc(N3CCCCC3)n2)cc1[N+](=O)[O-].Cl.N.N.N.N.[HH].[HH].[HH].[HH]. The minimum atomic E-state index is -0.526. The molecule has 0 aliphatic carbocycles. The second-order valence-corrected chi connectivity index (χ2v) is 8.15. The molecule has 0 saturated carbocycles. The fourth-order valence-corrected chi connectivity index (χ4v) is 4.07. The highest BCUT2D eigenvalue weighted by atomic mass is 35.5. The molecule has 2 saturated heterocycles. The molecule has 2 fully saturated rings. The number of anilines is 5. The van der Waals surface area contributed by atoms with E-state index < -0.39 is 4.92 Å². The van der Waals surface area contributed by atoms with Crippen LogP contribution in [0.5, 0.6) is 0 Å². The molecule has 15 nitrogen and oxygen atoms in total. The highest BCUT2D eigenvalue weighted by Crippen LogP contribution is 2.30. The number of carbonyl (C=O) groups excluding carboxylic acids is 1. The Bertz CT molecular complexity index is 983. The van der Waals surface area contributed by atoms with Gasteiger partial charge < -0.3 is 45.0 Å². The number of piperidine rings is 2. The molecular formula is C21H49ClN12O3. The first kappa shape index (κ1) is 35.8. The van der Waals surface area contributed by atoms with Gasteiger partial charge in [0.15, 0.2) is 0 Å². The number of nitrogens with one attached hydrogen (secondary N) is 2. The van der Waals surface area contributed by atoms with Gasteiger partial charge in [0.1, 0.15) is 5.69 Å². The predicted octanol–water partition coefficient (Wildman–Crippen LogP) is 5.52. The molecule has 14 N–H and O–H groups in total. The number of nitro groups is 1. The van der Waals surface area contributed by atoms with Crippen molar-refractivity contribution in [2.45, 2.75) is 45.4 Å². The molecule has 3 heterocycles. The molecule has 1 aromatic carbocycles. The Morgan fingerprint density at radius 3 is 1.81 bits per heavy atom. The van der Waals surface area contributed by atoms with E-state index in [9.17, 15) is 14.9 Å². The molecule has 0 unspecified atom stereocenters. The fraction of sp³-hybridized carbons (Fsp3) is 0.524. The van der Waals surface area contributed by atoms with Gasteiger partial charge in [-0.25, -0.2) is 0 Å². The molecule has 0 radical (unpaired) electrons. The average molecular weight is 553 g/mol. The lowest BCUT2D eigenvalue weighted by Crippen LogP contribution is -2.34. The molecule has 2 aliphatic rings. The summed E-state index contributed by atoms with van der Waals surface area (Å²) in [5, 5.41) is 17.1. The number of nitro benzene ring substituents is 1. The lowest BCUT2D eigenvalue weighted by atomic mass is 10.1. The van der Waals surface area contributed by atoms with E-state index in [1.165, 1.54) is 31.9 Å². The van der Waals surface area contributed by atoms with E-state index in [4.69, 9.17) is 4.98 Å². The van der Waals surface area contributed by atoms with E-state index in [0.29, 0.717) is 23.5 Å². The van der Waals surface area contributed by atoms with Crippen LogP contribution in [0, 0.1) is 10.1 Å². The third kappa shape index (κ3) is 9.22. The highest BCUT2D eigenvalue weighted by Gasteiger charge is 2.21. The van der Waals surface area contributed by atoms with Crippen molar-refractivity contribution < 1.29 is 15.4 Å². The van der Waals surface area contributed by atoms with Crippen molar-refractivity contribution in [2.75, 3.05) is 46.6 Å². The number of nitrogens with zero attached hydrogens (tertiary/aromatic N) is 6. The van der Waals surface area contributed by atoms with Crippen LogP contribution in [-0.4, -0.2) is 52.0 Å². The summed E-state index contributed by atoms with van der Waals surface area (Å²) in [5.74, 6) is 1.24. The lowest BCUT2D eigenvalue weighted by molar-refractivity contribution is -0.383. The number of amides is 1. The largest absolute Gasteiger partial charge is 0.344 e. The molecule has 2 aromatic rings.